The number of hydrogen-bond donors (Lipinski definition) is 0. The van der Waals surface area contributed by atoms with Crippen LogP contribution in [0.15, 0.2) is 21.8 Å². The topological polar surface area (TPSA) is 125 Å². The molecule has 3 unspecified atom stereocenters. The molecule has 5 atom stereocenters. The van der Waals surface area contributed by atoms with Gasteiger partial charge in [-0.15, -0.1) is 0 Å². The number of carbonyl (C=O) groups is 3. The van der Waals surface area contributed by atoms with Gasteiger partial charge in [-0.25, -0.2) is 4.98 Å². The van der Waals surface area contributed by atoms with Crippen LogP contribution in [-0.2, 0) is 33.3 Å². The van der Waals surface area contributed by atoms with E-state index < -0.39 is 47.6 Å². The van der Waals surface area contributed by atoms with Crippen LogP contribution in [0.25, 0.3) is 0 Å². The number of ether oxygens (including phenoxy) is 4. The van der Waals surface area contributed by atoms with Crippen LogP contribution in [0.4, 0.5) is 0 Å². The Morgan fingerprint density at radius 3 is 2.37 bits per heavy atom. The molecule has 0 radical (unpaired) electrons. The van der Waals surface area contributed by atoms with E-state index in [4.69, 9.17) is 24.2 Å². The monoisotopic (exact) mass is 500 g/mol. The lowest BCUT2D eigenvalue weighted by Gasteiger charge is -2.43. The van der Waals surface area contributed by atoms with E-state index in [9.17, 15) is 14.4 Å². The molecule has 0 amide bonds. The summed E-state index contributed by atoms with van der Waals surface area (Å²) < 4.78 is 22.5. The molecule has 1 aliphatic heterocycles. The fourth-order valence-electron chi connectivity index (χ4n) is 2.94. The number of thioether (sulfide) groups is 1. The van der Waals surface area contributed by atoms with Crippen molar-refractivity contribution in [1.29, 1.82) is 5.26 Å². The van der Waals surface area contributed by atoms with Gasteiger partial charge in [0.25, 0.3) is 0 Å². The maximum Gasteiger partial charge on any atom is 0.303 e. The van der Waals surface area contributed by atoms with Crippen LogP contribution in [0, 0.1) is 17.2 Å². The summed E-state index contributed by atoms with van der Waals surface area (Å²) in [4.78, 5) is 38.8. The number of pyridine rings is 1. The lowest BCUT2D eigenvalue weighted by atomic mass is 9.91. The van der Waals surface area contributed by atoms with Crippen molar-refractivity contribution in [3.05, 3.63) is 22.3 Å². The van der Waals surface area contributed by atoms with Crippen molar-refractivity contribution < 1.29 is 33.3 Å². The van der Waals surface area contributed by atoms with Crippen LogP contribution in [0.3, 0.4) is 0 Å². The highest BCUT2D eigenvalue weighted by Crippen LogP contribution is 2.39. The highest BCUT2D eigenvalue weighted by atomic mass is 79.9. The molecule has 0 N–H and O–H groups in total. The largest absolute Gasteiger partial charge is 0.463 e. The molecule has 1 fully saturated rings. The lowest BCUT2D eigenvalue weighted by Crippen LogP contribution is -2.56. The molecule has 0 aromatic carbocycles. The normalized spacial score (nSPS) is 25.7. The van der Waals surface area contributed by atoms with Crippen molar-refractivity contribution in [2.24, 2.45) is 5.92 Å². The number of halogens is 1. The Morgan fingerprint density at radius 2 is 1.83 bits per heavy atom. The molecule has 11 heteroatoms. The van der Waals surface area contributed by atoms with E-state index in [1.54, 1.807) is 13.0 Å². The van der Waals surface area contributed by atoms with E-state index in [1.807, 2.05) is 6.07 Å². The molecule has 1 aromatic rings. The minimum Gasteiger partial charge on any atom is -0.463 e. The minimum atomic E-state index is -0.788. The first-order valence-corrected chi connectivity index (χ1v) is 10.6. The third-order valence-corrected chi connectivity index (χ3v) is 5.95. The van der Waals surface area contributed by atoms with Crippen molar-refractivity contribution >= 4 is 45.6 Å². The second-order valence-corrected chi connectivity index (χ2v) is 8.56. The smallest absolute Gasteiger partial charge is 0.303 e. The van der Waals surface area contributed by atoms with Crippen LogP contribution in [0.5, 0.6) is 0 Å². The molecule has 0 bridgehead atoms. The van der Waals surface area contributed by atoms with E-state index in [2.05, 4.69) is 20.9 Å². The van der Waals surface area contributed by atoms with Crippen molar-refractivity contribution in [1.82, 2.24) is 4.98 Å². The number of esters is 3. The summed E-state index contributed by atoms with van der Waals surface area (Å²) in [5.74, 6) is -2.01. The summed E-state index contributed by atoms with van der Waals surface area (Å²) in [6.45, 7) is 5.43. The predicted molar refractivity (Wildman–Crippen MR) is 108 cm³/mol. The van der Waals surface area contributed by atoms with E-state index in [1.165, 1.54) is 38.7 Å². The molecule has 0 aliphatic carbocycles. The van der Waals surface area contributed by atoms with Crippen molar-refractivity contribution in [3.63, 3.8) is 0 Å². The van der Waals surface area contributed by atoms with Gasteiger partial charge in [-0.3, -0.25) is 14.4 Å². The van der Waals surface area contributed by atoms with Gasteiger partial charge in [-0.1, -0.05) is 18.7 Å². The average molecular weight is 501 g/mol. The van der Waals surface area contributed by atoms with Gasteiger partial charge >= 0.3 is 17.9 Å². The first kappa shape index (κ1) is 24.1. The predicted octanol–water partition coefficient (Wildman–Crippen LogP) is 2.60. The Labute approximate surface area is 186 Å². The Bertz CT molecular complexity index is 858. The van der Waals surface area contributed by atoms with Crippen molar-refractivity contribution in [2.75, 3.05) is 6.61 Å². The van der Waals surface area contributed by atoms with Gasteiger partial charge in [0.1, 0.15) is 36.4 Å². The third kappa shape index (κ3) is 6.42. The molecular formula is C19H21BrN2O7S. The van der Waals surface area contributed by atoms with E-state index in [0.717, 1.165) is 0 Å². The zero-order valence-corrected chi connectivity index (χ0v) is 19.2. The summed E-state index contributed by atoms with van der Waals surface area (Å²) in [5, 5.41) is 9.58. The van der Waals surface area contributed by atoms with Crippen molar-refractivity contribution in [3.8, 4) is 6.07 Å². The molecule has 1 saturated heterocycles. The third-order valence-electron chi connectivity index (χ3n) is 4.22. The molecular weight excluding hydrogens is 480 g/mol. The SMILES string of the molecule is CC(=O)OCC1O[C@H](Sc2cc(Br)c(C#N)cn2)C(OC(C)=O)C(C)[C@H]1OC(C)=O. The Kier molecular flexibility index (Phi) is 8.64. The molecule has 1 aliphatic rings. The van der Waals surface area contributed by atoms with Crippen LogP contribution >= 0.6 is 27.7 Å². The highest BCUT2D eigenvalue weighted by Gasteiger charge is 2.48. The molecule has 30 heavy (non-hydrogen) atoms. The van der Waals surface area contributed by atoms with E-state index in [0.29, 0.717) is 15.1 Å². The van der Waals surface area contributed by atoms with Crippen LogP contribution < -0.4 is 0 Å². The molecule has 2 rings (SSSR count). The second-order valence-electron chi connectivity index (χ2n) is 6.58. The summed E-state index contributed by atoms with van der Waals surface area (Å²) >= 11 is 4.49. The number of nitrogens with zero attached hydrogens (tertiary/aromatic N) is 2. The molecule has 1 aromatic heterocycles. The lowest BCUT2D eigenvalue weighted by molar-refractivity contribution is -0.212. The van der Waals surface area contributed by atoms with Gasteiger partial charge in [-0.2, -0.15) is 5.26 Å². The maximum atomic E-state index is 11.7. The molecule has 9 nitrogen and oxygen atoms in total. The van der Waals surface area contributed by atoms with Crippen LogP contribution in [-0.4, -0.2) is 53.2 Å². The highest BCUT2D eigenvalue weighted by molar-refractivity contribution is 9.10. The first-order chi connectivity index (χ1) is 14.1. The standard InChI is InChI=1S/C19H21BrN2O7S/c1-9-17(27-11(3)24)15(8-26-10(2)23)29-19(18(9)28-12(4)25)30-16-5-14(20)13(6-21)7-22-16/h5,7,9,15,17-19H,8H2,1-4H3/t9?,15?,17-,18?,19-/m1/s1. The van der Waals surface area contributed by atoms with Crippen LogP contribution in [0.1, 0.15) is 33.3 Å². The molecule has 0 spiro atoms. The molecule has 0 saturated carbocycles. The van der Waals surface area contributed by atoms with E-state index >= 15 is 0 Å². The summed E-state index contributed by atoms with van der Waals surface area (Å²) in [6.07, 6.45) is -0.901. The van der Waals surface area contributed by atoms with Gasteiger partial charge in [-0.05, 0) is 22.0 Å². The Balaban J connectivity index is 2.33. The van der Waals surface area contributed by atoms with Crippen molar-refractivity contribution in [2.45, 2.75) is 56.5 Å². The molecule has 162 valence electrons. The fourth-order valence-corrected chi connectivity index (χ4v) is 4.67. The fraction of sp³-hybridized carbons (Fsp3) is 0.526. The Morgan fingerprint density at radius 1 is 1.20 bits per heavy atom. The maximum absolute atomic E-state index is 11.7. The number of rotatable bonds is 6. The summed E-state index contributed by atoms with van der Waals surface area (Å²) in [7, 11) is 0. The van der Waals surface area contributed by atoms with E-state index in [-0.39, 0.29) is 6.61 Å². The van der Waals surface area contributed by atoms with Gasteiger partial charge in [0.2, 0.25) is 0 Å². The number of carbonyl (C=O) groups excluding carboxylic acids is 3. The van der Waals surface area contributed by atoms with Gasteiger partial charge < -0.3 is 18.9 Å². The number of nitriles is 1. The zero-order chi connectivity index (χ0) is 22.4. The van der Waals surface area contributed by atoms with Gasteiger partial charge in [0, 0.05) is 37.4 Å². The summed E-state index contributed by atoms with van der Waals surface area (Å²) in [5.41, 5.74) is -0.347. The van der Waals surface area contributed by atoms with Crippen LogP contribution in [0.2, 0.25) is 0 Å². The quantitative estimate of drug-likeness (QED) is 0.424. The average Bonchev–Trinajstić information content (AvgIpc) is 2.65. The first-order valence-electron chi connectivity index (χ1n) is 8.98. The summed E-state index contributed by atoms with van der Waals surface area (Å²) in [6, 6.07) is 3.66. The number of hydrogen-bond acceptors (Lipinski definition) is 10. The van der Waals surface area contributed by atoms with Gasteiger partial charge in [0.15, 0.2) is 0 Å². The van der Waals surface area contributed by atoms with Gasteiger partial charge in [0.05, 0.1) is 10.6 Å². The minimum absolute atomic E-state index is 0.133. The zero-order valence-electron chi connectivity index (χ0n) is 16.8. The number of aromatic nitrogens is 1. The Hall–Kier alpha value is -2.16. The molecule has 2 heterocycles. The second kappa shape index (κ2) is 10.7.